The van der Waals surface area contributed by atoms with E-state index in [9.17, 15) is 0 Å². The van der Waals surface area contributed by atoms with Gasteiger partial charge in [-0.25, -0.2) is 4.98 Å². The molecule has 0 aromatic carbocycles. The molecule has 0 unspecified atom stereocenters. The van der Waals surface area contributed by atoms with Crippen LogP contribution in [-0.4, -0.2) is 16.7 Å². The molecule has 1 rings (SSSR count). The van der Waals surface area contributed by atoms with Crippen molar-refractivity contribution in [3.05, 3.63) is 23.9 Å². The number of anilines is 1. The Labute approximate surface area is 78.7 Å². The number of aromatic nitrogens is 1. The van der Waals surface area contributed by atoms with Crippen molar-refractivity contribution in [2.45, 2.75) is 26.8 Å². The Morgan fingerprint density at radius 1 is 1.54 bits per heavy atom. The van der Waals surface area contributed by atoms with Crippen LogP contribution in [0, 0.1) is 5.41 Å². The van der Waals surface area contributed by atoms with Crippen molar-refractivity contribution >= 4 is 11.5 Å². The summed E-state index contributed by atoms with van der Waals surface area (Å²) in [4.78, 5) is 4.19. The number of nitrogens with one attached hydrogen (secondary N) is 2. The molecule has 0 radical (unpaired) electrons. The maximum Gasteiger partial charge on any atom is 0.135 e. The number of rotatable bonds is 3. The van der Waals surface area contributed by atoms with Gasteiger partial charge in [-0.1, -0.05) is 0 Å². The second-order valence-electron chi connectivity index (χ2n) is 3.32. The molecule has 0 spiro atoms. The molecule has 0 fully saturated rings. The molecule has 1 heterocycles. The summed E-state index contributed by atoms with van der Waals surface area (Å²) in [5, 5.41) is 10.7. The van der Waals surface area contributed by atoms with Gasteiger partial charge in [0.05, 0.1) is 0 Å². The highest BCUT2D eigenvalue weighted by atomic mass is 15.0. The van der Waals surface area contributed by atoms with Gasteiger partial charge in [-0.2, -0.15) is 0 Å². The van der Waals surface area contributed by atoms with Crippen molar-refractivity contribution in [1.82, 2.24) is 4.98 Å². The first-order valence-corrected chi connectivity index (χ1v) is 4.38. The summed E-state index contributed by atoms with van der Waals surface area (Å²) in [5.41, 5.74) is 1.41. The van der Waals surface area contributed by atoms with E-state index >= 15 is 0 Å². The van der Waals surface area contributed by atoms with E-state index < -0.39 is 0 Å². The Kier molecular flexibility index (Phi) is 3.01. The number of hydrogen-bond donors (Lipinski definition) is 2. The third-order valence-corrected chi connectivity index (χ3v) is 1.64. The molecule has 0 saturated carbocycles. The molecule has 0 aliphatic rings. The van der Waals surface area contributed by atoms with E-state index in [1.807, 2.05) is 12.1 Å². The van der Waals surface area contributed by atoms with Gasteiger partial charge in [0.1, 0.15) is 5.82 Å². The zero-order valence-electron chi connectivity index (χ0n) is 8.26. The molecule has 1 aromatic rings. The second kappa shape index (κ2) is 4.03. The van der Waals surface area contributed by atoms with Crippen LogP contribution < -0.4 is 5.32 Å². The fourth-order valence-electron chi connectivity index (χ4n) is 1.10. The Bertz CT molecular complexity index is 305. The van der Waals surface area contributed by atoms with Crippen molar-refractivity contribution < 1.29 is 0 Å². The summed E-state index contributed by atoms with van der Waals surface area (Å²) >= 11 is 0. The molecular weight excluding hydrogens is 162 g/mol. The van der Waals surface area contributed by atoms with E-state index in [1.165, 1.54) is 0 Å². The normalized spacial score (nSPS) is 10.2. The first kappa shape index (κ1) is 9.71. The van der Waals surface area contributed by atoms with Crippen LogP contribution >= 0.6 is 0 Å². The van der Waals surface area contributed by atoms with Gasteiger partial charge in [0, 0.05) is 23.5 Å². The van der Waals surface area contributed by atoms with Crippen molar-refractivity contribution in [2.75, 3.05) is 5.32 Å². The van der Waals surface area contributed by atoms with E-state index in [0.717, 1.165) is 11.4 Å². The minimum Gasteiger partial charge on any atom is -0.367 e. The van der Waals surface area contributed by atoms with Crippen LogP contribution in [0.15, 0.2) is 18.3 Å². The standard InChI is InChI=1S/C10H15N3/c1-7(2)13-10-9(8(3)11)5-4-6-12-10/h4-7,11H,1-3H3,(H,12,13). The largest absolute Gasteiger partial charge is 0.367 e. The van der Waals surface area contributed by atoms with Crippen LogP contribution in [0.1, 0.15) is 26.3 Å². The first-order valence-electron chi connectivity index (χ1n) is 4.38. The van der Waals surface area contributed by atoms with Crippen molar-refractivity contribution in [2.24, 2.45) is 0 Å². The fourth-order valence-corrected chi connectivity index (χ4v) is 1.10. The van der Waals surface area contributed by atoms with Gasteiger partial charge in [-0.3, -0.25) is 0 Å². The maximum absolute atomic E-state index is 7.54. The van der Waals surface area contributed by atoms with Crippen LogP contribution in [0.5, 0.6) is 0 Å². The summed E-state index contributed by atoms with van der Waals surface area (Å²) in [6.45, 7) is 5.87. The fraction of sp³-hybridized carbons (Fsp3) is 0.400. The lowest BCUT2D eigenvalue weighted by Crippen LogP contribution is -2.14. The van der Waals surface area contributed by atoms with Gasteiger partial charge in [-0.05, 0) is 32.9 Å². The number of hydrogen-bond acceptors (Lipinski definition) is 3. The smallest absolute Gasteiger partial charge is 0.135 e. The molecule has 0 amide bonds. The molecule has 3 nitrogen and oxygen atoms in total. The minimum absolute atomic E-state index is 0.341. The third-order valence-electron chi connectivity index (χ3n) is 1.64. The average Bonchev–Trinajstić information content (AvgIpc) is 2.03. The van der Waals surface area contributed by atoms with E-state index in [-0.39, 0.29) is 0 Å². The molecule has 2 N–H and O–H groups in total. The molecule has 0 bridgehead atoms. The number of pyridine rings is 1. The Morgan fingerprint density at radius 2 is 2.23 bits per heavy atom. The van der Waals surface area contributed by atoms with Crippen LogP contribution in [-0.2, 0) is 0 Å². The summed E-state index contributed by atoms with van der Waals surface area (Å²) in [5.74, 6) is 0.796. The maximum atomic E-state index is 7.54. The lowest BCUT2D eigenvalue weighted by atomic mass is 10.1. The molecule has 1 aromatic heterocycles. The van der Waals surface area contributed by atoms with Gasteiger partial charge < -0.3 is 10.7 Å². The van der Waals surface area contributed by atoms with E-state index in [4.69, 9.17) is 5.41 Å². The zero-order valence-corrected chi connectivity index (χ0v) is 8.26. The SMILES string of the molecule is CC(=N)c1cccnc1NC(C)C. The first-order chi connectivity index (χ1) is 6.11. The predicted molar refractivity (Wildman–Crippen MR) is 55.5 cm³/mol. The molecule has 0 atom stereocenters. The Balaban J connectivity index is 2.98. The third kappa shape index (κ3) is 2.54. The Hall–Kier alpha value is -1.38. The second-order valence-corrected chi connectivity index (χ2v) is 3.32. The van der Waals surface area contributed by atoms with Gasteiger partial charge in [0.2, 0.25) is 0 Å². The molecule has 3 heteroatoms. The van der Waals surface area contributed by atoms with Gasteiger partial charge in [-0.15, -0.1) is 0 Å². The molecule has 0 aliphatic heterocycles. The van der Waals surface area contributed by atoms with Crippen LogP contribution in [0.25, 0.3) is 0 Å². The van der Waals surface area contributed by atoms with Crippen molar-refractivity contribution in [3.8, 4) is 0 Å². The van der Waals surface area contributed by atoms with Crippen LogP contribution in [0.3, 0.4) is 0 Å². The summed E-state index contributed by atoms with van der Waals surface area (Å²) in [6, 6.07) is 4.09. The topological polar surface area (TPSA) is 48.8 Å². The zero-order chi connectivity index (χ0) is 9.84. The quantitative estimate of drug-likeness (QED) is 0.696. The van der Waals surface area contributed by atoms with E-state index in [0.29, 0.717) is 11.8 Å². The molecule has 13 heavy (non-hydrogen) atoms. The predicted octanol–water partition coefficient (Wildman–Crippen LogP) is 2.29. The minimum atomic E-state index is 0.341. The van der Waals surface area contributed by atoms with Crippen LogP contribution in [0.4, 0.5) is 5.82 Å². The molecular formula is C10H15N3. The van der Waals surface area contributed by atoms with E-state index in [1.54, 1.807) is 13.1 Å². The van der Waals surface area contributed by atoms with Crippen molar-refractivity contribution in [3.63, 3.8) is 0 Å². The van der Waals surface area contributed by atoms with Gasteiger partial charge in [0.15, 0.2) is 0 Å². The lowest BCUT2D eigenvalue weighted by molar-refractivity contribution is 0.888. The highest BCUT2D eigenvalue weighted by molar-refractivity contribution is 6.00. The summed E-state index contributed by atoms with van der Waals surface area (Å²) in [6.07, 6.45) is 1.73. The van der Waals surface area contributed by atoms with E-state index in [2.05, 4.69) is 24.1 Å². The summed E-state index contributed by atoms with van der Waals surface area (Å²) in [7, 11) is 0. The Morgan fingerprint density at radius 3 is 2.77 bits per heavy atom. The lowest BCUT2D eigenvalue weighted by Gasteiger charge is -2.12. The molecule has 0 saturated heterocycles. The van der Waals surface area contributed by atoms with Gasteiger partial charge >= 0.3 is 0 Å². The average molecular weight is 177 g/mol. The van der Waals surface area contributed by atoms with Crippen LogP contribution in [0.2, 0.25) is 0 Å². The highest BCUT2D eigenvalue weighted by Gasteiger charge is 2.05. The molecule has 70 valence electrons. The van der Waals surface area contributed by atoms with Gasteiger partial charge in [0.25, 0.3) is 0 Å². The monoisotopic (exact) mass is 177 g/mol. The molecule has 0 aliphatic carbocycles. The van der Waals surface area contributed by atoms with Crippen molar-refractivity contribution in [1.29, 1.82) is 5.41 Å². The number of nitrogens with zero attached hydrogens (tertiary/aromatic N) is 1. The highest BCUT2D eigenvalue weighted by Crippen LogP contribution is 2.12. The summed E-state index contributed by atoms with van der Waals surface area (Å²) < 4.78 is 0.